The van der Waals surface area contributed by atoms with Crippen LogP contribution >= 0.6 is 11.3 Å². The summed E-state index contributed by atoms with van der Waals surface area (Å²) < 4.78 is 14.4. The zero-order valence-corrected chi connectivity index (χ0v) is 18.9. The van der Waals surface area contributed by atoms with Crippen LogP contribution in [0.25, 0.3) is 10.2 Å². The van der Waals surface area contributed by atoms with Crippen molar-refractivity contribution < 1.29 is 18.8 Å². The fourth-order valence-corrected chi connectivity index (χ4v) is 5.62. The van der Waals surface area contributed by atoms with Gasteiger partial charge in [0, 0.05) is 19.0 Å². The number of urea groups is 1. The number of nitrogens with one attached hydrogen (secondary N) is 1. The van der Waals surface area contributed by atoms with Gasteiger partial charge in [0.15, 0.2) is 0 Å². The summed E-state index contributed by atoms with van der Waals surface area (Å²) in [6, 6.07) is 12.7. The van der Waals surface area contributed by atoms with Crippen LogP contribution in [0.15, 0.2) is 48.5 Å². The van der Waals surface area contributed by atoms with E-state index in [1.54, 1.807) is 23.2 Å². The molecule has 2 saturated heterocycles. The molecular weight excluding hydrogens is 443 g/mol. The standard InChI is InChI=1S/C24H23FN4O3S/c1-24(16-8-10-17(25)11-9-16)22(31)29(23(32)27-24)14-20(30)28-12-4-5-15(13-28)21-26-18-6-2-3-7-19(18)33-21/h2-3,6-11,15H,4-5,12-14H2,1H3,(H,27,32). The molecule has 3 aromatic rings. The van der Waals surface area contributed by atoms with E-state index in [1.807, 2.05) is 24.3 Å². The Morgan fingerprint density at radius 3 is 2.73 bits per heavy atom. The number of aromatic nitrogens is 1. The minimum atomic E-state index is -1.34. The molecule has 7 nitrogen and oxygen atoms in total. The number of thiazole rings is 1. The second-order valence-corrected chi connectivity index (χ2v) is 9.71. The van der Waals surface area contributed by atoms with Crippen LogP contribution in [0.4, 0.5) is 9.18 Å². The largest absolute Gasteiger partial charge is 0.340 e. The number of para-hydroxylation sites is 1. The van der Waals surface area contributed by atoms with Crippen molar-refractivity contribution >= 4 is 39.4 Å². The molecule has 170 valence electrons. The normalized spacial score (nSPS) is 23.3. The zero-order valence-electron chi connectivity index (χ0n) is 18.1. The molecule has 3 heterocycles. The van der Waals surface area contributed by atoms with E-state index >= 15 is 0 Å². The summed E-state index contributed by atoms with van der Waals surface area (Å²) in [5.41, 5.74) is 0.0858. The van der Waals surface area contributed by atoms with Crippen molar-refractivity contribution in [2.75, 3.05) is 19.6 Å². The molecule has 2 aliphatic rings. The van der Waals surface area contributed by atoms with Gasteiger partial charge in [-0.3, -0.25) is 14.5 Å². The SMILES string of the molecule is CC1(c2ccc(F)cc2)NC(=O)N(CC(=O)N2CCCC(c3nc4ccccc4s3)C2)C1=O. The van der Waals surface area contributed by atoms with E-state index in [9.17, 15) is 18.8 Å². The molecule has 2 fully saturated rings. The maximum atomic E-state index is 13.3. The Labute approximate surface area is 194 Å². The molecular formula is C24H23FN4O3S. The molecule has 1 N–H and O–H groups in total. The number of likely N-dealkylation sites (tertiary alicyclic amines) is 1. The molecule has 2 unspecified atom stereocenters. The minimum Gasteiger partial charge on any atom is -0.340 e. The lowest BCUT2D eigenvalue weighted by atomic mass is 9.92. The summed E-state index contributed by atoms with van der Waals surface area (Å²) in [6.07, 6.45) is 1.77. The first-order valence-corrected chi connectivity index (χ1v) is 11.7. The molecule has 2 aliphatic heterocycles. The number of carbonyl (C=O) groups is 3. The number of nitrogens with zero attached hydrogens (tertiary/aromatic N) is 3. The number of amides is 4. The van der Waals surface area contributed by atoms with E-state index in [0.29, 0.717) is 18.7 Å². The summed E-state index contributed by atoms with van der Waals surface area (Å²) in [7, 11) is 0. The number of carbonyl (C=O) groups excluding carboxylic acids is 3. The van der Waals surface area contributed by atoms with E-state index in [4.69, 9.17) is 4.98 Å². The molecule has 2 aromatic carbocycles. The number of halogens is 1. The Kier molecular flexibility index (Phi) is 5.36. The maximum Gasteiger partial charge on any atom is 0.325 e. The summed E-state index contributed by atoms with van der Waals surface area (Å²) in [5, 5.41) is 3.67. The van der Waals surface area contributed by atoms with Crippen LogP contribution in [0, 0.1) is 5.82 Å². The van der Waals surface area contributed by atoms with E-state index in [1.165, 1.54) is 24.3 Å². The smallest absolute Gasteiger partial charge is 0.325 e. The van der Waals surface area contributed by atoms with Crippen LogP contribution in [0.3, 0.4) is 0 Å². The molecule has 5 rings (SSSR count). The van der Waals surface area contributed by atoms with Gasteiger partial charge in [0.25, 0.3) is 5.91 Å². The van der Waals surface area contributed by atoms with Gasteiger partial charge < -0.3 is 10.2 Å². The number of rotatable bonds is 4. The van der Waals surface area contributed by atoms with Crippen LogP contribution in [-0.4, -0.2) is 52.3 Å². The van der Waals surface area contributed by atoms with Crippen molar-refractivity contribution in [1.82, 2.24) is 20.1 Å². The predicted molar refractivity (Wildman–Crippen MR) is 122 cm³/mol. The topological polar surface area (TPSA) is 82.6 Å². The fraction of sp³-hybridized carbons (Fsp3) is 0.333. The van der Waals surface area contributed by atoms with E-state index in [2.05, 4.69) is 5.32 Å². The number of imide groups is 1. The average Bonchev–Trinajstić information content (AvgIpc) is 3.35. The highest BCUT2D eigenvalue weighted by Crippen LogP contribution is 2.33. The predicted octanol–water partition coefficient (Wildman–Crippen LogP) is 3.61. The van der Waals surface area contributed by atoms with Gasteiger partial charge in [0.1, 0.15) is 17.9 Å². The minimum absolute atomic E-state index is 0.132. The number of fused-ring (bicyclic) bond motifs is 1. The highest BCUT2D eigenvalue weighted by atomic mass is 32.1. The van der Waals surface area contributed by atoms with Gasteiger partial charge in [-0.1, -0.05) is 24.3 Å². The van der Waals surface area contributed by atoms with Crippen LogP contribution in [-0.2, 0) is 15.1 Å². The van der Waals surface area contributed by atoms with Crippen molar-refractivity contribution in [3.05, 3.63) is 64.9 Å². The number of benzene rings is 2. The summed E-state index contributed by atoms with van der Waals surface area (Å²) in [6.45, 7) is 2.33. The van der Waals surface area contributed by atoms with E-state index in [-0.39, 0.29) is 18.4 Å². The quantitative estimate of drug-likeness (QED) is 0.596. The Morgan fingerprint density at radius 2 is 1.97 bits per heavy atom. The summed E-state index contributed by atoms with van der Waals surface area (Å²) in [5.74, 6) is -1.09. The van der Waals surface area contributed by atoms with Gasteiger partial charge in [0.2, 0.25) is 5.91 Å². The third-order valence-corrected chi connectivity index (χ3v) is 7.62. The molecule has 0 saturated carbocycles. The van der Waals surface area contributed by atoms with Crippen molar-refractivity contribution in [2.45, 2.75) is 31.2 Å². The van der Waals surface area contributed by atoms with Crippen LogP contribution in [0.2, 0.25) is 0 Å². The van der Waals surface area contributed by atoms with Crippen LogP contribution in [0.1, 0.15) is 36.3 Å². The van der Waals surface area contributed by atoms with Crippen molar-refractivity contribution in [1.29, 1.82) is 0 Å². The van der Waals surface area contributed by atoms with Gasteiger partial charge in [0.05, 0.1) is 15.2 Å². The van der Waals surface area contributed by atoms with Gasteiger partial charge in [-0.15, -0.1) is 11.3 Å². The Bertz CT molecular complexity index is 1210. The third kappa shape index (κ3) is 3.86. The number of piperidine rings is 1. The summed E-state index contributed by atoms with van der Waals surface area (Å²) >= 11 is 1.65. The average molecular weight is 467 g/mol. The monoisotopic (exact) mass is 466 g/mol. The Balaban J connectivity index is 1.29. The van der Waals surface area contributed by atoms with Gasteiger partial charge in [-0.05, 0) is 49.6 Å². The second-order valence-electron chi connectivity index (χ2n) is 8.65. The first-order valence-electron chi connectivity index (χ1n) is 10.9. The molecule has 0 aliphatic carbocycles. The van der Waals surface area contributed by atoms with Crippen LogP contribution in [0.5, 0.6) is 0 Å². The lowest BCUT2D eigenvalue weighted by Crippen LogP contribution is -2.47. The maximum absolute atomic E-state index is 13.3. The lowest BCUT2D eigenvalue weighted by Gasteiger charge is -2.32. The molecule has 4 amide bonds. The third-order valence-electron chi connectivity index (χ3n) is 6.42. The van der Waals surface area contributed by atoms with Crippen molar-refractivity contribution in [3.8, 4) is 0 Å². The van der Waals surface area contributed by atoms with E-state index in [0.717, 1.165) is 33.0 Å². The first-order chi connectivity index (χ1) is 15.8. The molecule has 2 atom stereocenters. The summed E-state index contributed by atoms with van der Waals surface area (Å²) in [4.78, 5) is 46.2. The fourth-order valence-electron chi connectivity index (χ4n) is 4.52. The molecule has 1 aromatic heterocycles. The molecule has 0 spiro atoms. The molecule has 33 heavy (non-hydrogen) atoms. The van der Waals surface area contributed by atoms with Gasteiger partial charge in [-0.25, -0.2) is 14.2 Å². The number of hydrogen-bond acceptors (Lipinski definition) is 5. The van der Waals surface area contributed by atoms with Gasteiger partial charge in [-0.2, -0.15) is 0 Å². The molecule has 9 heteroatoms. The van der Waals surface area contributed by atoms with Crippen molar-refractivity contribution in [2.24, 2.45) is 0 Å². The van der Waals surface area contributed by atoms with Crippen molar-refractivity contribution in [3.63, 3.8) is 0 Å². The zero-order chi connectivity index (χ0) is 23.2. The highest BCUT2D eigenvalue weighted by molar-refractivity contribution is 7.18. The lowest BCUT2D eigenvalue weighted by molar-refractivity contribution is -0.139. The van der Waals surface area contributed by atoms with Gasteiger partial charge >= 0.3 is 6.03 Å². The Morgan fingerprint density at radius 1 is 1.21 bits per heavy atom. The highest BCUT2D eigenvalue weighted by Gasteiger charge is 2.49. The molecule has 0 bridgehead atoms. The second kappa shape index (κ2) is 8.22. The first kappa shape index (κ1) is 21.5. The molecule has 0 radical (unpaired) electrons. The number of hydrogen-bond donors (Lipinski definition) is 1. The van der Waals surface area contributed by atoms with E-state index < -0.39 is 23.3 Å². The van der Waals surface area contributed by atoms with Crippen LogP contribution < -0.4 is 5.32 Å². The Hall–Kier alpha value is -3.33.